The number of halogens is 1. The van der Waals surface area contributed by atoms with E-state index in [1.54, 1.807) is 25.1 Å². The number of likely N-dealkylation sites (tertiary alicyclic amines) is 1. The molecule has 2 atom stereocenters. The number of amides is 3. The summed E-state index contributed by atoms with van der Waals surface area (Å²) in [6.07, 6.45) is 0.949. The molecule has 2 unspecified atom stereocenters. The molecule has 0 aliphatic carbocycles. The second-order valence-corrected chi connectivity index (χ2v) is 7.21. The number of nitrogens with zero attached hydrogens (tertiary/aromatic N) is 1. The summed E-state index contributed by atoms with van der Waals surface area (Å²) in [5, 5.41) is 5.05. The fraction of sp³-hybridized carbons (Fsp3) is 0.556. The van der Waals surface area contributed by atoms with Gasteiger partial charge in [0.15, 0.2) is 11.5 Å². The first kappa shape index (κ1) is 21.3. The summed E-state index contributed by atoms with van der Waals surface area (Å²) >= 11 is 0. The lowest BCUT2D eigenvalue weighted by Crippen LogP contribution is -2.48. The number of rotatable bonds is 4. The third kappa shape index (κ3) is 5.03. The van der Waals surface area contributed by atoms with Gasteiger partial charge in [-0.1, -0.05) is 6.92 Å². The van der Waals surface area contributed by atoms with Gasteiger partial charge in [-0.05, 0) is 44.0 Å². The maximum absolute atomic E-state index is 12.4. The number of nitrogens with one attached hydrogen (secondary N) is 2. The van der Waals surface area contributed by atoms with E-state index in [2.05, 4.69) is 22.5 Å². The molecule has 3 amide bonds. The molecule has 1 aromatic carbocycles. The molecule has 1 aromatic rings. The molecule has 8 nitrogen and oxygen atoms in total. The first-order valence-corrected chi connectivity index (χ1v) is 8.86. The van der Waals surface area contributed by atoms with Crippen LogP contribution in [-0.2, 0) is 4.79 Å². The number of benzene rings is 1. The van der Waals surface area contributed by atoms with Crippen LogP contribution in [0.5, 0.6) is 11.5 Å². The molecule has 3 rings (SSSR count). The van der Waals surface area contributed by atoms with Crippen LogP contribution in [0.4, 0.5) is 10.5 Å². The Bertz CT molecular complexity index is 702. The van der Waals surface area contributed by atoms with E-state index in [-0.39, 0.29) is 23.7 Å². The maximum atomic E-state index is 12.4. The van der Waals surface area contributed by atoms with Gasteiger partial charge in [0.1, 0.15) is 13.2 Å². The molecule has 27 heavy (non-hydrogen) atoms. The normalized spacial score (nSPS) is 22.5. The molecule has 0 spiro atoms. The van der Waals surface area contributed by atoms with Crippen LogP contribution in [0, 0.1) is 5.41 Å². The highest BCUT2D eigenvalue weighted by Gasteiger charge is 2.36. The standard InChI is InChI=1S/C18H26N4O4.ClH/c1-12(22-6-5-18(2,10-19)11-22)16(23)21-17(24)20-13-3-4-14-15(9-13)26-8-7-25-14;/h3-4,9,12H,5-8,10-11,19H2,1-2H3,(H2,20,21,23,24);1H. The van der Waals surface area contributed by atoms with Gasteiger partial charge in [0.05, 0.1) is 6.04 Å². The number of fused-ring (bicyclic) bond motifs is 1. The Morgan fingerprint density at radius 2 is 2.00 bits per heavy atom. The minimum absolute atomic E-state index is 0. The van der Waals surface area contributed by atoms with Crippen molar-refractivity contribution in [1.29, 1.82) is 0 Å². The minimum Gasteiger partial charge on any atom is -0.486 e. The Morgan fingerprint density at radius 1 is 1.30 bits per heavy atom. The monoisotopic (exact) mass is 398 g/mol. The van der Waals surface area contributed by atoms with Crippen molar-refractivity contribution in [1.82, 2.24) is 10.2 Å². The maximum Gasteiger partial charge on any atom is 0.325 e. The lowest BCUT2D eigenvalue weighted by atomic mass is 9.90. The van der Waals surface area contributed by atoms with E-state index < -0.39 is 12.1 Å². The summed E-state index contributed by atoms with van der Waals surface area (Å²) in [4.78, 5) is 26.6. The smallest absolute Gasteiger partial charge is 0.325 e. The third-order valence-corrected chi connectivity index (χ3v) is 5.04. The van der Waals surface area contributed by atoms with Gasteiger partial charge in [-0.3, -0.25) is 15.0 Å². The van der Waals surface area contributed by atoms with Gasteiger partial charge in [0.2, 0.25) is 5.91 Å². The van der Waals surface area contributed by atoms with Crippen LogP contribution < -0.4 is 25.8 Å². The van der Waals surface area contributed by atoms with Crippen LogP contribution in [0.3, 0.4) is 0 Å². The van der Waals surface area contributed by atoms with Crippen molar-refractivity contribution in [2.24, 2.45) is 11.1 Å². The molecular weight excluding hydrogens is 372 g/mol. The fourth-order valence-corrected chi connectivity index (χ4v) is 3.22. The van der Waals surface area contributed by atoms with Crippen LogP contribution >= 0.6 is 12.4 Å². The van der Waals surface area contributed by atoms with E-state index in [1.165, 1.54) is 0 Å². The Kier molecular flexibility index (Phi) is 6.91. The number of hydrogen-bond donors (Lipinski definition) is 3. The Labute approximate surface area is 165 Å². The molecule has 9 heteroatoms. The molecule has 4 N–H and O–H groups in total. The van der Waals surface area contributed by atoms with Crippen molar-refractivity contribution in [3.63, 3.8) is 0 Å². The van der Waals surface area contributed by atoms with Crippen molar-refractivity contribution in [2.75, 3.05) is 38.2 Å². The number of nitrogens with two attached hydrogens (primary N) is 1. The summed E-state index contributed by atoms with van der Waals surface area (Å²) < 4.78 is 10.9. The topological polar surface area (TPSA) is 106 Å². The summed E-state index contributed by atoms with van der Waals surface area (Å²) in [5.74, 6) is 0.886. The van der Waals surface area contributed by atoms with Gasteiger partial charge < -0.3 is 20.5 Å². The Morgan fingerprint density at radius 3 is 2.67 bits per heavy atom. The van der Waals surface area contributed by atoms with Crippen LogP contribution in [0.2, 0.25) is 0 Å². The third-order valence-electron chi connectivity index (χ3n) is 5.04. The summed E-state index contributed by atoms with van der Waals surface area (Å²) in [5.41, 5.74) is 6.37. The van der Waals surface area contributed by atoms with E-state index in [0.717, 1.165) is 19.5 Å². The zero-order valence-electron chi connectivity index (χ0n) is 15.6. The molecule has 0 bridgehead atoms. The number of carbonyl (C=O) groups is 2. The number of anilines is 1. The van der Waals surface area contributed by atoms with Crippen molar-refractivity contribution in [3.05, 3.63) is 18.2 Å². The van der Waals surface area contributed by atoms with E-state index >= 15 is 0 Å². The molecule has 0 aromatic heterocycles. The van der Waals surface area contributed by atoms with E-state index in [1.807, 2.05) is 0 Å². The highest BCUT2D eigenvalue weighted by Crippen LogP contribution is 2.32. The Hall–Kier alpha value is -2.03. The van der Waals surface area contributed by atoms with Crippen molar-refractivity contribution in [2.45, 2.75) is 26.3 Å². The lowest BCUT2D eigenvalue weighted by Gasteiger charge is -2.26. The van der Waals surface area contributed by atoms with Crippen LogP contribution in [0.25, 0.3) is 0 Å². The fourth-order valence-electron chi connectivity index (χ4n) is 3.22. The zero-order valence-corrected chi connectivity index (χ0v) is 16.4. The predicted molar refractivity (Wildman–Crippen MR) is 105 cm³/mol. The van der Waals surface area contributed by atoms with Gasteiger partial charge in [-0.2, -0.15) is 0 Å². The molecular formula is C18H27ClN4O4. The average molecular weight is 399 g/mol. The van der Waals surface area contributed by atoms with Crippen molar-refractivity contribution in [3.8, 4) is 11.5 Å². The van der Waals surface area contributed by atoms with Gasteiger partial charge >= 0.3 is 6.03 Å². The number of carbonyl (C=O) groups excluding carboxylic acids is 2. The number of urea groups is 1. The van der Waals surface area contributed by atoms with Gasteiger partial charge in [0.25, 0.3) is 0 Å². The molecule has 2 aliphatic heterocycles. The molecule has 0 radical (unpaired) electrons. The van der Waals surface area contributed by atoms with Gasteiger partial charge in [0, 0.05) is 18.3 Å². The second kappa shape index (κ2) is 8.77. The lowest BCUT2D eigenvalue weighted by molar-refractivity contribution is -0.124. The highest BCUT2D eigenvalue weighted by atomic mass is 35.5. The van der Waals surface area contributed by atoms with Gasteiger partial charge in [-0.25, -0.2) is 4.79 Å². The molecule has 1 fully saturated rings. The summed E-state index contributed by atoms with van der Waals surface area (Å²) in [6, 6.07) is 4.14. The van der Waals surface area contributed by atoms with E-state index in [4.69, 9.17) is 15.2 Å². The largest absolute Gasteiger partial charge is 0.486 e. The minimum atomic E-state index is -0.570. The first-order chi connectivity index (χ1) is 12.4. The van der Waals surface area contributed by atoms with Gasteiger partial charge in [-0.15, -0.1) is 12.4 Å². The molecule has 150 valence electrons. The number of hydrogen-bond acceptors (Lipinski definition) is 6. The van der Waals surface area contributed by atoms with E-state index in [0.29, 0.717) is 36.9 Å². The van der Waals surface area contributed by atoms with E-state index in [9.17, 15) is 9.59 Å². The second-order valence-electron chi connectivity index (χ2n) is 7.21. The highest BCUT2D eigenvalue weighted by molar-refractivity contribution is 6.02. The first-order valence-electron chi connectivity index (χ1n) is 8.86. The van der Waals surface area contributed by atoms with Crippen molar-refractivity contribution >= 4 is 30.0 Å². The summed E-state index contributed by atoms with van der Waals surface area (Å²) in [7, 11) is 0. The molecule has 1 saturated heterocycles. The number of imide groups is 1. The van der Waals surface area contributed by atoms with Crippen LogP contribution in [0.15, 0.2) is 18.2 Å². The predicted octanol–water partition coefficient (Wildman–Crippen LogP) is 1.59. The van der Waals surface area contributed by atoms with Crippen LogP contribution in [0.1, 0.15) is 20.3 Å². The molecule has 0 saturated carbocycles. The summed E-state index contributed by atoms with van der Waals surface area (Å²) in [6.45, 7) is 7.03. The zero-order chi connectivity index (χ0) is 18.7. The SMILES string of the molecule is CC(C(=O)NC(=O)Nc1ccc2c(c1)OCCO2)N1CCC(C)(CN)C1.Cl. The van der Waals surface area contributed by atoms with Crippen LogP contribution in [-0.4, -0.2) is 55.7 Å². The Balaban J connectivity index is 0.00000261. The number of ether oxygens (including phenoxy) is 2. The average Bonchev–Trinajstić information content (AvgIpc) is 3.03. The molecule has 2 aliphatic rings. The van der Waals surface area contributed by atoms with Crippen molar-refractivity contribution < 1.29 is 19.1 Å². The molecule has 2 heterocycles. The quantitative estimate of drug-likeness (QED) is 0.711.